The summed E-state index contributed by atoms with van der Waals surface area (Å²) in [5.41, 5.74) is 4.33. The van der Waals surface area contributed by atoms with Crippen molar-refractivity contribution >= 4 is 17.5 Å². The molecule has 1 saturated heterocycles. The van der Waals surface area contributed by atoms with Crippen molar-refractivity contribution in [2.45, 2.75) is 45.4 Å². The first-order chi connectivity index (χ1) is 14.7. The number of benzene rings is 1. The lowest BCUT2D eigenvalue weighted by atomic mass is 9.90. The maximum absolute atomic E-state index is 12.8. The highest BCUT2D eigenvalue weighted by molar-refractivity contribution is 6.33. The van der Waals surface area contributed by atoms with Crippen LogP contribution in [0.4, 0.5) is 0 Å². The van der Waals surface area contributed by atoms with E-state index in [1.54, 1.807) is 6.07 Å². The molecule has 4 rings (SSSR count). The molecule has 31 heavy (non-hydrogen) atoms. The molecule has 2 aromatic heterocycles. The zero-order valence-corrected chi connectivity index (χ0v) is 19.4. The number of likely N-dealkylation sites (tertiary alicyclic amines) is 1. The molecule has 6 heteroatoms. The Labute approximate surface area is 189 Å². The quantitative estimate of drug-likeness (QED) is 0.527. The van der Waals surface area contributed by atoms with Crippen LogP contribution in [0.2, 0.25) is 5.02 Å². The number of carbonyl (C=O) groups excluding carboxylic acids is 1. The van der Waals surface area contributed by atoms with Crippen LogP contribution in [0.15, 0.2) is 42.7 Å². The SMILES string of the molecule is Cn1cc(-c2ccnc(C(C)(C)C)c2)nc1-c1ccc(C(=O)N2CCCCC2)cc1Cl. The number of amides is 1. The topological polar surface area (TPSA) is 51.0 Å². The number of hydrogen-bond donors (Lipinski definition) is 0. The molecule has 5 nitrogen and oxygen atoms in total. The molecule has 3 aromatic rings. The zero-order chi connectivity index (χ0) is 22.2. The van der Waals surface area contributed by atoms with Gasteiger partial charge in [-0.15, -0.1) is 0 Å². The summed E-state index contributed by atoms with van der Waals surface area (Å²) in [7, 11) is 1.96. The van der Waals surface area contributed by atoms with Crippen LogP contribution in [-0.2, 0) is 12.5 Å². The van der Waals surface area contributed by atoms with E-state index in [1.165, 1.54) is 6.42 Å². The first kappa shape index (κ1) is 21.6. The summed E-state index contributed by atoms with van der Waals surface area (Å²) in [4.78, 5) is 24.1. The summed E-state index contributed by atoms with van der Waals surface area (Å²) < 4.78 is 1.97. The Morgan fingerprint density at radius 3 is 2.48 bits per heavy atom. The maximum Gasteiger partial charge on any atom is 0.253 e. The summed E-state index contributed by atoms with van der Waals surface area (Å²) >= 11 is 6.63. The van der Waals surface area contributed by atoms with Gasteiger partial charge in [-0.3, -0.25) is 9.78 Å². The maximum atomic E-state index is 12.8. The smallest absolute Gasteiger partial charge is 0.253 e. The summed E-state index contributed by atoms with van der Waals surface area (Å²) in [6.45, 7) is 8.09. The van der Waals surface area contributed by atoms with Gasteiger partial charge in [0.25, 0.3) is 5.91 Å². The Morgan fingerprint density at radius 2 is 1.81 bits per heavy atom. The second-order valence-electron chi connectivity index (χ2n) is 9.29. The van der Waals surface area contributed by atoms with Crippen molar-refractivity contribution in [1.29, 1.82) is 0 Å². The van der Waals surface area contributed by atoms with E-state index >= 15 is 0 Å². The molecule has 162 valence electrons. The van der Waals surface area contributed by atoms with E-state index in [9.17, 15) is 4.79 Å². The van der Waals surface area contributed by atoms with E-state index in [0.29, 0.717) is 10.6 Å². The minimum atomic E-state index is -0.0341. The molecule has 1 aromatic carbocycles. The van der Waals surface area contributed by atoms with Crippen LogP contribution in [-0.4, -0.2) is 38.4 Å². The van der Waals surface area contributed by atoms with E-state index in [2.05, 4.69) is 31.8 Å². The highest BCUT2D eigenvalue weighted by Gasteiger charge is 2.21. The third-order valence-corrected chi connectivity index (χ3v) is 6.11. The predicted molar refractivity (Wildman–Crippen MR) is 125 cm³/mol. The van der Waals surface area contributed by atoms with Crippen LogP contribution < -0.4 is 0 Å². The Bertz CT molecular complexity index is 1110. The number of halogens is 1. The second-order valence-corrected chi connectivity index (χ2v) is 9.70. The van der Waals surface area contributed by atoms with Gasteiger partial charge in [-0.2, -0.15) is 0 Å². The molecule has 0 saturated carbocycles. The molecule has 0 bridgehead atoms. The molecular formula is C25H29ClN4O. The summed E-state index contributed by atoms with van der Waals surface area (Å²) in [5.74, 6) is 0.825. The van der Waals surface area contributed by atoms with Crippen LogP contribution >= 0.6 is 11.6 Å². The third-order valence-electron chi connectivity index (χ3n) is 5.80. The number of rotatable bonds is 3. The molecule has 0 unspecified atom stereocenters. The molecular weight excluding hydrogens is 408 g/mol. The lowest BCUT2D eigenvalue weighted by molar-refractivity contribution is 0.0724. The molecule has 0 atom stereocenters. The van der Waals surface area contributed by atoms with E-state index in [1.807, 2.05) is 47.1 Å². The van der Waals surface area contributed by atoms with Gasteiger partial charge in [-0.05, 0) is 49.6 Å². The monoisotopic (exact) mass is 436 g/mol. The summed E-state index contributed by atoms with van der Waals surface area (Å²) in [6, 6.07) is 9.60. The minimum absolute atomic E-state index is 0.0341. The normalized spacial score (nSPS) is 14.7. The van der Waals surface area contributed by atoms with Gasteiger partial charge in [-0.25, -0.2) is 4.98 Å². The van der Waals surface area contributed by atoms with Gasteiger partial charge in [0, 0.05) is 60.3 Å². The zero-order valence-electron chi connectivity index (χ0n) is 18.7. The van der Waals surface area contributed by atoms with Crippen molar-refractivity contribution in [3.8, 4) is 22.6 Å². The van der Waals surface area contributed by atoms with Crippen LogP contribution in [0.25, 0.3) is 22.6 Å². The van der Waals surface area contributed by atoms with E-state index in [4.69, 9.17) is 16.6 Å². The number of imidazole rings is 1. The second kappa shape index (κ2) is 8.46. The highest BCUT2D eigenvalue weighted by Crippen LogP contribution is 2.32. The van der Waals surface area contributed by atoms with Gasteiger partial charge >= 0.3 is 0 Å². The molecule has 1 fully saturated rings. The molecule has 0 spiro atoms. The Balaban J connectivity index is 1.64. The van der Waals surface area contributed by atoms with Crippen molar-refractivity contribution in [2.24, 2.45) is 7.05 Å². The van der Waals surface area contributed by atoms with Gasteiger partial charge in [0.1, 0.15) is 5.82 Å². The molecule has 1 amide bonds. The lowest BCUT2D eigenvalue weighted by Crippen LogP contribution is -2.35. The number of aryl methyl sites for hydroxylation is 1. The van der Waals surface area contributed by atoms with Gasteiger partial charge in [-0.1, -0.05) is 32.4 Å². The minimum Gasteiger partial charge on any atom is -0.339 e. The molecule has 0 N–H and O–H groups in total. The largest absolute Gasteiger partial charge is 0.339 e. The summed E-state index contributed by atoms with van der Waals surface area (Å²) in [6.07, 6.45) is 7.16. The van der Waals surface area contributed by atoms with Crippen LogP contribution in [0.5, 0.6) is 0 Å². The number of carbonyl (C=O) groups is 1. The van der Waals surface area contributed by atoms with Gasteiger partial charge < -0.3 is 9.47 Å². The van der Waals surface area contributed by atoms with Crippen molar-refractivity contribution in [1.82, 2.24) is 19.4 Å². The van der Waals surface area contributed by atoms with Gasteiger partial charge in [0.05, 0.1) is 10.7 Å². The van der Waals surface area contributed by atoms with Gasteiger partial charge in [0.2, 0.25) is 0 Å². The first-order valence-corrected chi connectivity index (χ1v) is 11.2. The molecule has 1 aliphatic rings. The van der Waals surface area contributed by atoms with Crippen LogP contribution in [0.1, 0.15) is 56.1 Å². The fraction of sp³-hybridized carbons (Fsp3) is 0.400. The van der Waals surface area contributed by atoms with Crippen molar-refractivity contribution in [2.75, 3.05) is 13.1 Å². The highest BCUT2D eigenvalue weighted by atomic mass is 35.5. The van der Waals surface area contributed by atoms with E-state index in [-0.39, 0.29) is 11.3 Å². The van der Waals surface area contributed by atoms with Crippen LogP contribution in [0, 0.1) is 0 Å². The molecule has 0 radical (unpaired) electrons. The number of nitrogens with zero attached hydrogens (tertiary/aromatic N) is 4. The molecule has 0 aliphatic carbocycles. The fourth-order valence-electron chi connectivity index (χ4n) is 3.96. The summed E-state index contributed by atoms with van der Waals surface area (Å²) in [5, 5.41) is 0.535. The van der Waals surface area contributed by atoms with Crippen LogP contribution in [0.3, 0.4) is 0 Å². The number of aromatic nitrogens is 3. The number of piperidine rings is 1. The average Bonchev–Trinajstić information content (AvgIpc) is 3.14. The Morgan fingerprint density at radius 1 is 1.06 bits per heavy atom. The Hall–Kier alpha value is -2.66. The Kier molecular flexibility index (Phi) is 5.89. The number of pyridine rings is 1. The fourth-order valence-corrected chi connectivity index (χ4v) is 4.23. The predicted octanol–water partition coefficient (Wildman–Crippen LogP) is 5.73. The third kappa shape index (κ3) is 4.52. The molecule has 1 aliphatic heterocycles. The lowest BCUT2D eigenvalue weighted by Gasteiger charge is -2.26. The van der Waals surface area contributed by atoms with Crippen molar-refractivity contribution < 1.29 is 4.79 Å². The van der Waals surface area contributed by atoms with E-state index < -0.39 is 0 Å². The standard InChI is InChI=1S/C25H29ClN4O/c1-25(2,3)22-15-17(10-11-27-22)21-16-29(4)23(28-21)19-9-8-18(14-20(19)26)24(31)30-12-6-5-7-13-30/h8-11,14-16H,5-7,12-13H2,1-4H3. The first-order valence-electron chi connectivity index (χ1n) is 10.8. The number of hydrogen-bond acceptors (Lipinski definition) is 3. The average molecular weight is 437 g/mol. The van der Waals surface area contributed by atoms with E-state index in [0.717, 1.165) is 54.3 Å². The van der Waals surface area contributed by atoms with Gasteiger partial charge in [0.15, 0.2) is 0 Å². The molecule has 3 heterocycles. The van der Waals surface area contributed by atoms with Crippen molar-refractivity contribution in [3.63, 3.8) is 0 Å². The van der Waals surface area contributed by atoms with Crippen molar-refractivity contribution in [3.05, 3.63) is 59.0 Å².